The molecular formula is C19H17FN4O. The Balaban J connectivity index is 1.48. The van der Waals surface area contributed by atoms with Gasteiger partial charge in [-0.25, -0.2) is 9.07 Å². The molecule has 1 saturated heterocycles. The maximum atomic E-state index is 13.3. The first-order valence-electron chi connectivity index (χ1n) is 8.23. The van der Waals surface area contributed by atoms with Crippen LogP contribution in [0.3, 0.4) is 0 Å². The van der Waals surface area contributed by atoms with Crippen LogP contribution in [0.2, 0.25) is 0 Å². The second-order valence-corrected chi connectivity index (χ2v) is 6.15. The van der Waals surface area contributed by atoms with E-state index >= 15 is 0 Å². The van der Waals surface area contributed by atoms with E-state index in [0.29, 0.717) is 18.7 Å². The Morgan fingerprint density at radius 3 is 2.76 bits per heavy atom. The van der Waals surface area contributed by atoms with Gasteiger partial charge >= 0.3 is 0 Å². The number of amides is 1. The van der Waals surface area contributed by atoms with Crippen molar-refractivity contribution in [3.8, 4) is 11.3 Å². The number of hydrogen-bond donors (Lipinski definition) is 0. The fraction of sp³-hybridized carbons (Fsp3) is 0.211. The standard InChI is InChI=1S/C19H17FN4O/c20-16-8-4-7-15(11-16)19(25)23-10-9-17(12-23)24-13-18(21-22-24)14-5-2-1-3-6-14/h1-8,11,13,17H,9-10,12H2. The van der Waals surface area contributed by atoms with E-state index in [1.165, 1.54) is 12.1 Å². The van der Waals surface area contributed by atoms with E-state index in [0.717, 1.165) is 17.7 Å². The molecule has 2 aromatic carbocycles. The first kappa shape index (κ1) is 15.5. The lowest BCUT2D eigenvalue weighted by atomic mass is 10.2. The van der Waals surface area contributed by atoms with Gasteiger partial charge in [0.25, 0.3) is 5.91 Å². The van der Waals surface area contributed by atoms with Crippen molar-refractivity contribution in [2.24, 2.45) is 0 Å². The third-order valence-electron chi connectivity index (χ3n) is 4.48. The minimum atomic E-state index is -0.398. The van der Waals surface area contributed by atoms with Crippen molar-refractivity contribution in [2.75, 3.05) is 13.1 Å². The van der Waals surface area contributed by atoms with Gasteiger partial charge in [0, 0.05) is 24.2 Å². The maximum Gasteiger partial charge on any atom is 0.254 e. The summed E-state index contributed by atoms with van der Waals surface area (Å²) in [6.45, 7) is 1.17. The fourth-order valence-corrected chi connectivity index (χ4v) is 3.14. The molecule has 6 heteroatoms. The second-order valence-electron chi connectivity index (χ2n) is 6.15. The number of likely N-dealkylation sites (tertiary alicyclic amines) is 1. The number of carbonyl (C=O) groups is 1. The molecule has 126 valence electrons. The van der Waals surface area contributed by atoms with E-state index in [2.05, 4.69) is 10.3 Å². The highest BCUT2D eigenvalue weighted by molar-refractivity contribution is 5.94. The lowest BCUT2D eigenvalue weighted by Gasteiger charge is -2.16. The summed E-state index contributed by atoms with van der Waals surface area (Å²) in [4.78, 5) is 14.3. The van der Waals surface area contributed by atoms with Crippen LogP contribution >= 0.6 is 0 Å². The Kier molecular flexibility index (Phi) is 4.01. The van der Waals surface area contributed by atoms with Gasteiger partial charge in [-0.1, -0.05) is 41.6 Å². The van der Waals surface area contributed by atoms with Crippen LogP contribution in [0, 0.1) is 5.82 Å². The van der Waals surface area contributed by atoms with Crippen molar-refractivity contribution in [2.45, 2.75) is 12.5 Å². The van der Waals surface area contributed by atoms with Crippen LogP contribution in [-0.4, -0.2) is 38.9 Å². The Bertz CT molecular complexity index is 893. The molecule has 1 aromatic heterocycles. The molecule has 0 spiro atoms. The predicted molar refractivity (Wildman–Crippen MR) is 91.4 cm³/mol. The number of halogens is 1. The lowest BCUT2D eigenvalue weighted by molar-refractivity contribution is 0.0786. The molecule has 1 amide bonds. The van der Waals surface area contributed by atoms with Crippen LogP contribution in [0.15, 0.2) is 60.8 Å². The van der Waals surface area contributed by atoms with E-state index in [1.54, 1.807) is 17.0 Å². The van der Waals surface area contributed by atoms with Gasteiger partial charge in [-0.3, -0.25) is 4.79 Å². The highest BCUT2D eigenvalue weighted by Gasteiger charge is 2.29. The number of nitrogens with zero attached hydrogens (tertiary/aromatic N) is 4. The van der Waals surface area contributed by atoms with Gasteiger partial charge in [-0.15, -0.1) is 5.10 Å². The van der Waals surface area contributed by atoms with Crippen LogP contribution in [-0.2, 0) is 0 Å². The summed E-state index contributed by atoms with van der Waals surface area (Å²) in [7, 11) is 0. The number of carbonyl (C=O) groups excluding carboxylic acids is 1. The molecule has 1 aliphatic heterocycles. The van der Waals surface area contributed by atoms with Gasteiger partial charge in [0.2, 0.25) is 0 Å². The lowest BCUT2D eigenvalue weighted by Crippen LogP contribution is -2.29. The Hall–Kier alpha value is -3.02. The van der Waals surface area contributed by atoms with Gasteiger partial charge in [0.1, 0.15) is 11.5 Å². The van der Waals surface area contributed by atoms with E-state index in [9.17, 15) is 9.18 Å². The summed E-state index contributed by atoms with van der Waals surface area (Å²) in [5.41, 5.74) is 2.21. The van der Waals surface area contributed by atoms with Crippen LogP contribution in [0.5, 0.6) is 0 Å². The van der Waals surface area contributed by atoms with Gasteiger partial charge in [-0.05, 0) is 24.6 Å². The molecule has 25 heavy (non-hydrogen) atoms. The van der Waals surface area contributed by atoms with Crippen LogP contribution < -0.4 is 0 Å². The average molecular weight is 336 g/mol. The molecule has 0 aliphatic carbocycles. The maximum absolute atomic E-state index is 13.3. The van der Waals surface area contributed by atoms with Crippen LogP contribution in [0.25, 0.3) is 11.3 Å². The summed E-state index contributed by atoms with van der Waals surface area (Å²) in [6.07, 6.45) is 2.72. The Morgan fingerprint density at radius 2 is 1.96 bits per heavy atom. The first-order chi connectivity index (χ1) is 12.2. The monoisotopic (exact) mass is 336 g/mol. The second kappa shape index (κ2) is 6.47. The van der Waals surface area contributed by atoms with Crippen molar-refractivity contribution in [1.29, 1.82) is 0 Å². The smallest absolute Gasteiger partial charge is 0.254 e. The zero-order chi connectivity index (χ0) is 17.2. The van der Waals surface area contributed by atoms with Crippen molar-refractivity contribution in [1.82, 2.24) is 19.9 Å². The van der Waals surface area contributed by atoms with E-state index < -0.39 is 5.82 Å². The molecule has 1 unspecified atom stereocenters. The molecule has 0 N–H and O–H groups in total. The highest BCUT2D eigenvalue weighted by atomic mass is 19.1. The van der Waals surface area contributed by atoms with Crippen molar-refractivity contribution in [3.05, 3.63) is 72.2 Å². The Labute approximate surface area is 144 Å². The SMILES string of the molecule is O=C(c1cccc(F)c1)N1CCC(n2cc(-c3ccccc3)nn2)C1. The minimum absolute atomic E-state index is 0.0856. The summed E-state index contributed by atoms with van der Waals surface area (Å²) in [6, 6.07) is 15.8. The third kappa shape index (κ3) is 3.15. The summed E-state index contributed by atoms with van der Waals surface area (Å²) >= 11 is 0. The zero-order valence-electron chi connectivity index (χ0n) is 13.5. The van der Waals surface area contributed by atoms with Gasteiger partial charge in [-0.2, -0.15) is 0 Å². The van der Waals surface area contributed by atoms with Crippen LogP contribution in [0.4, 0.5) is 4.39 Å². The quantitative estimate of drug-likeness (QED) is 0.738. The van der Waals surface area contributed by atoms with Crippen LogP contribution in [0.1, 0.15) is 22.8 Å². The molecule has 1 fully saturated rings. The van der Waals surface area contributed by atoms with Crippen molar-refractivity contribution >= 4 is 5.91 Å². The molecule has 1 atom stereocenters. The summed E-state index contributed by atoms with van der Waals surface area (Å²) in [5.74, 6) is -0.546. The van der Waals surface area contributed by atoms with E-state index in [1.807, 2.05) is 41.2 Å². The number of benzene rings is 2. The first-order valence-corrected chi connectivity index (χ1v) is 8.23. The topological polar surface area (TPSA) is 51.0 Å². The van der Waals surface area contributed by atoms with Gasteiger partial charge in [0.05, 0.1) is 12.2 Å². The van der Waals surface area contributed by atoms with Crippen molar-refractivity contribution in [3.63, 3.8) is 0 Å². The predicted octanol–water partition coefficient (Wildman–Crippen LogP) is 3.17. The third-order valence-corrected chi connectivity index (χ3v) is 4.48. The summed E-state index contributed by atoms with van der Waals surface area (Å²) in [5, 5.41) is 8.45. The van der Waals surface area contributed by atoms with E-state index in [-0.39, 0.29) is 11.9 Å². The molecule has 0 saturated carbocycles. The molecule has 4 rings (SSSR count). The molecule has 0 radical (unpaired) electrons. The molecular weight excluding hydrogens is 319 g/mol. The van der Waals surface area contributed by atoms with Gasteiger partial charge in [0.15, 0.2) is 0 Å². The molecule has 3 aromatic rings. The van der Waals surface area contributed by atoms with Gasteiger partial charge < -0.3 is 4.90 Å². The molecule has 1 aliphatic rings. The molecule has 5 nitrogen and oxygen atoms in total. The number of aromatic nitrogens is 3. The fourth-order valence-electron chi connectivity index (χ4n) is 3.14. The molecule has 0 bridgehead atoms. The average Bonchev–Trinajstić information content (AvgIpc) is 3.31. The molecule has 2 heterocycles. The zero-order valence-corrected chi connectivity index (χ0v) is 13.5. The summed E-state index contributed by atoms with van der Waals surface area (Å²) < 4.78 is 15.1. The number of hydrogen-bond acceptors (Lipinski definition) is 3. The van der Waals surface area contributed by atoms with Crippen molar-refractivity contribution < 1.29 is 9.18 Å². The normalized spacial score (nSPS) is 17.0. The largest absolute Gasteiger partial charge is 0.336 e. The Morgan fingerprint density at radius 1 is 1.12 bits per heavy atom. The highest BCUT2D eigenvalue weighted by Crippen LogP contribution is 2.24. The number of rotatable bonds is 3. The minimum Gasteiger partial charge on any atom is -0.336 e. The van der Waals surface area contributed by atoms with E-state index in [4.69, 9.17) is 0 Å².